The van der Waals surface area contributed by atoms with Gasteiger partial charge in [0.15, 0.2) is 0 Å². The summed E-state index contributed by atoms with van der Waals surface area (Å²) in [5, 5.41) is 11.1. The maximum absolute atomic E-state index is 12.5. The second-order valence-electron chi connectivity index (χ2n) is 6.79. The number of halogens is 4. The highest BCUT2D eigenvalue weighted by Gasteiger charge is 2.46. The van der Waals surface area contributed by atoms with Gasteiger partial charge in [0.1, 0.15) is 6.04 Å². The second kappa shape index (κ2) is 7.59. The van der Waals surface area contributed by atoms with E-state index in [9.17, 15) is 18.0 Å². The Morgan fingerprint density at radius 1 is 1.36 bits per heavy atom. The molecular formula is C17H18ClF3N4O3. The summed E-state index contributed by atoms with van der Waals surface area (Å²) in [6.45, 7) is 2.91. The molecule has 1 aromatic heterocycles. The van der Waals surface area contributed by atoms with E-state index in [-0.39, 0.29) is 37.3 Å². The summed E-state index contributed by atoms with van der Waals surface area (Å²) in [7, 11) is 0. The van der Waals surface area contributed by atoms with Crippen LogP contribution in [0.15, 0.2) is 28.7 Å². The number of nitrogens with zero attached hydrogens (tertiary/aromatic N) is 3. The van der Waals surface area contributed by atoms with Crippen LogP contribution in [0.5, 0.6) is 0 Å². The first-order valence-corrected chi connectivity index (χ1v) is 8.84. The number of carbonyl (C=O) groups is 1. The topological polar surface area (TPSA) is 80.5 Å². The maximum atomic E-state index is 12.5. The number of carbonyl (C=O) groups excluding carboxylic acids is 1. The van der Waals surface area contributed by atoms with Gasteiger partial charge in [-0.05, 0) is 44.5 Å². The fourth-order valence-corrected chi connectivity index (χ4v) is 3.12. The van der Waals surface area contributed by atoms with Gasteiger partial charge >= 0.3 is 12.4 Å². The monoisotopic (exact) mass is 418 g/mol. The van der Waals surface area contributed by atoms with E-state index in [0.717, 1.165) is 0 Å². The van der Waals surface area contributed by atoms with Crippen LogP contribution in [0.1, 0.15) is 20.3 Å². The molecule has 3 rings (SSSR count). The van der Waals surface area contributed by atoms with Crippen molar-refractivity contribution in [2.24, 2.45) is 0 Å². The standard InChI is InChI=1S/C17H18ClF3N4O3/c1-10(14(26)25-8-7-16(2,9-25)28-17(19,20)21)22-15-24-23-13(27-15)11-3-5-12(18)6-4-11/h3-6,10H,7-9H2,1-2H3,(H,22,24)/t10-,16+/m1/s1. The van der Waals surface area contributed by atoms with Crippen molar-refractivity contribution in [2.75, 3.05) is 18.4 Å². The van der Waals surface area contributed by atoms with Gasteiger partial charge in [-0.1, -0.05) is 16.7 Å². The number of nitrogens with one attached hydrogen (secondary N) is 1. The lowest BCUT2D eigenvalue weighted by atomic mass is 10.1. The molecule has 1 fully saturated rings. The molecule has 0 bridgehead atoms. The van der Waals surface area contributed by atoms with Gasteiger partial charge in [-0.2, -0.15) is 0 Å². The van der Waals surface area contributed by atoms with Gasteiger partial charge in [0.25, 0.3) is 0 Å². The minimum absolute atomic E-state index is 0.0271. The van der Waals surface area contributed by atoms with Crippen molar-refractivity contribution in [2.45, 2.75) is 38.3 Å². The van der Waals surface area contributed by atoms with Crippen LogP contribution in [0.2, 0.25) is 5.02 Å². The first kappa shape index (κ1) is 20.4. The van der Waals surface area contributed by atoms with E-state index in [4.69, 9.17) is 16.0 Å². The number of likely N-dealkylation sites (tertiary alicyclic amines) is 1. The van der Waals surface area contributed by atoms with Gasteiger partial charge in [-0.25, -0.2) is 0 Å². The highest BCUT2D eigenvalue weighted by Crippen LogP contribution is 2.32. The first-order chi connectivity index (χ1) is 13.0. The van der Waals surface area contributed by atoms with E-state index >= 15 is 0 Å². The van der Waals surface area contributed by atoms with E-state index in [0.29, 0.717) is 10.6 Å². The van der Waals surface area contributed by atoms with Crippen LogP contribution < -0.4 is 5.32 Å². The van der Waals surface area contributed by atoms with Crippen LogP contribution in [0.25, 0.3) is 11.5 Å². The van der Waals surface area contributed by atoms with Crippen molar-refractivity contribution in [3.8, 4) is 11.5 Å². The van der Waals surface area contributed by atoms with Crippen LogP contribution in [0.4, 0.5) is 19.2 Å². The number of aromatic nitrogens is 2. The molecule has 0 saturated carbocycles. The smallest absolute Gasteiger partial charge is 0.403 e. The summed E-state index contributed by atoms with van der Waals surface area (Å²) in [6, 6.07) is 6.02. The molecule has 1 saturated heterocycles. The Hall–Kier alpha value is -2.33. The fraction of sp³-hybridized carbons (Fsp3) is 0.471. The summed E-state index contributed by atoms with van der Waals surface area (Å²) < 4.78 is 47.2. The zero-order valence-electron chi connectivity index (χ0n) is 15.1. The predicted molar refractivity (Wildman–Crippen MR) is 94.6 cm³/mol. The lowest BCUT2D eigenvalue weighted by molar-refractivity contribution is -0.361. The first-order valence-electron chi connectivity index (χ1n) is 8.46. The van der Waals surface area contributed by atoms with Crippen LogP contribution in [0, 0.1) is 0 Å². The predicted octanol–water partition coefficient (Wildman–Crippen LogP) is 3.72. The number of hydrogen-bond acceptors (Lipinski definition) is 6. The van der Waals surface area contributed by atoms with Crippen molar-refractivity contribution in [3.05, 3.63) is 29.3 Å². The van der Waals surface area contributed by atoms with E-state index in [1.807, 2.05) is 0 Å². The molecule has 1 N–H and O–H groups in total. The molecule has 2 aromatic rings. The molecule has 1 aliphatic rings. The van der Waals surface area contributed by atoms with Gasteiger partial charge in [0.05, 0.1) is 5.60 Å². The van der Waals surface area contributed by atoms with Gasteiger partial charge in [0.2, 0.25) is 11.8 Å². The third-order valence-electron chi connectivity index (χ3n) is 4.34. The Bertz CT molecular complexity index is 843. The minimum atomic E-state index is -4.75. The average molecular weight is 419 g/mol. The Labute approximate surface area is 163 Å². The normalized spacial score (nSPS) is 21.0. The fourth-order valence-electron chi connectivity index (χ4n) is 3.00. The number of hydrogen-bond donors (Lipinski definition) is 1. The van der Waals surface area contributed by atoms with Crippen molar-refractivity contribution in [1.82, 2.24) is 15.1 Å². The molecule has 2 atom stereocenters. The third-order valence-corrected chi connectivity index (χ3v) is 4.59. The molecule has 11 heteroatoms. The molecule has 0 radical (unpaired) electrons. The number of alkyl halides is 3. The Kier molecular flexibility index (Phi) is 5.53. The lowest BCUT2D eigenvalue weighted by Gasteiger charge is -2.27. The quantitative estimate of drug-likeness (QED) is 0.797. The van der Waals surface area contributed by atoms with Crippen LogP contribution in [0.3, 0.4) is 0 Å². The van der Waals surface area contributed by atoms with E-state index in [1.165, 1.54) is 11.8 Å². The van der Waals surface area contributed by atoms with Gasteiger partial charge in [-0.3, -0.25) is 9.53 Å². The number of amides is 1. The van der Waals surface area contributed by atoms with Crippen LogP contribution in [-0.2, 0) is 9.53 Å². The Morgan fingerprint density at radius 3 is 2.68 bits per heavy atom. The molecule has 1 amide bonds. The zero-order valence-corrected chi connectivity index (χ0v) is 15.8. The third kappa shape index (κ3) is 4.93. The van der Waals surface area contributed by atoms with Crippen LogP contribution >= 0.6 is 11.6 Å². The Balaban J connectivity index is 1.60. The molecule has 1 aliphatic heterocycles. The lowest BCUT2D eigenvalue weighted by Crippen LogP contribution is -2.44. The van der Waals surface area contributed by atoms with E-state index in [2.05, 4.69) is 20.3 Å². The molecule has 152 valence electrons. The summed E-state index contributed by atoms with van der Waals surface area (Å²) in [5.41, 5.74) is -0.802. The van der Waals surface area contributed by atoms with Gasteiger partial charge in [-0.15, -0.1) is 18.3 Å². The number of anilines is 1. The number of benzene rings is 1. The molecule has 0 unspecified atom stereocenters. The highest BCUT2D eigenvalue weighted by molar-refractivity contribution is 6.30. The Morgan fingerprint density at radius 2 is 2.04 bits per heavy atom. The average Bonchev–Trinajstić information content (AvgIpc) is 3.20. The molecule has 0 spiro atoms. The van der Waals surface area contributed by atoms with E-state index in [1.54, 1.807) is 31.2 Å². The van der Waals surface area contributed by atoms with E-state index < -0.39 is 18.0 Å². The summed E-state index contributed by atoms with van der Waals surface area (Å²) >= 11 is 5.83. The van der Waals surface area contributed by atoms with Crippen molar-refractivity contribution in [1.29, 1.82) is 0 Å². The minimum Gasteiger partial charge on any atom is -0.403 e. The summed E-state index contributed by atoms with van der Waals surface area (Å²) in [5.74, 6) is -0.146. The van der Waals surface area contributed by atoms with Gasteiger partial charge < -0.3 is 14.6 Å². The molecule has 28 heavy (non-hydrogen) atoms. The molecule has 0 aliphatic carbocycles. The highest BCUT2D eigenvalue weighted by atomic mass is 35.5. The van der Waals surface area contributed by atoms with Gasteiger partial charge in [0, 0.05) is 23.7 Å². The SMILES string of the molecule is C[C@@H](Nc1nnc(-c2ccc(Cl)cc2)o1)C(=O)N1CC[C@](C)(OC(F)(F)F)C1. The molecule has 7 nitrogen and oxygen atoms in total. The molecule has 2 heterocycles. The molecule has 1 aromatic carbocycles. The largest absolute Gasteiger partial charge is 0.523 e. The van der Waals surface area contributed by atoms with Crippen molar-refractivity contribution in [3.63, 3.8) is 0 Å². The zero-order chi connectivity index (χ0) is 20.5. The molecular weight excluding hydrogens is 401 g/mol. The van der Waals surface area contributed by atoms with Crippen LogP contribution in [-0.4, -0.2) is 52.1 Å². The number of rotatable bonds is 5. The maximum Gasteiger partial charge on any atom is 0.523 e. The second-order valence-corrected chi connectivity index (χ2v) is 7.23. The van der Waals surface area contributed by atoms with Crippen molar-refractivity contribution < 1.29 is 27.1 Å². The number of ether oxygens (including phenoxy) is 1. The van der Waals surface area contributed by atoms with Crippen molar-refractivity contribution >= 4 is 23.5 Å². The summed E-state index contributed by atoms with van der Waals surface area (Å²) in [6.07, 6.45) is -4.66. The summed E-state index contributed by atoms with van der Waals surface area (Å²) in [4.78, 5) is 13.9.